The number of nitrogens with zero attached hydrogens (tertiary/aromatic N) is 1. The molecule has 0 saturated heterocycles. The van der Waals surface area contributed by atoms with E-state index in [-0.39, 0.29) is 13.0 Å². The fourth-order valence-corrected chi connectivity index (χ4v) is 1.41. The Morgan fingerprint density at radius 1 is 1.21 bits per heavy atom. The molecule has 0 aliphatic heterocycles. The summed E-state index contributed by atoms with van der Waals surface area (Å²) in [6, 6.07) is 7.80. The van der Waals surface area contributed by atoms with Gasteiger partial charge in [0.1, 0.15) is 6.54 Å². The summed E-state index contributed by atoms with van der Waals surface area (Å²) in [7, 11) is 0. The van der Waals surface area contributed by atoms with E-state index in [0.717, 1.165) is 4.90 Å². The highest BCUT2D eigenvalue weighted by molar-refractivity contribution is 5.96. The molecule has 0 atom stereocenters. The molecule has 19 heavy (non-hydrogen) atoms. The number of rotatable bonds is 6. The molecule has 1 aromatic rings. The lowest BCUT2D eigenvalue weighted by atomic mass is 10.3. The van der Waals surface area contributed by atoms with Crippen molar-refractivity contribution in [3.05, 3.63) is 30.3 Å². The molecule has 0 spiro atoms. The van der Waals surface area contributed by atoms with Gasteiger partial charge in [0.2, 0.25) is 5.91 Å². The normalized spacial score (nSPS) is 9.68. The molecule has 0 aromatic heterocycles. The second-order valence-corrected chi connectivity index (χ2v) is 3.76. The maximum atomic E-state index is 11.9. The van der Waals surface area contributed by atoms with Gasteiger partial charge in [-0.1, -0.05) is 18.2 Å². The number of carbonyl (C=O) groups is 3. The van der Waals surface area contributed by atoms with E-state index in [0.29, 0.717) is 5.69 Å². The monoisotopic (exact) mass is 265 g/mol. The molecule has 0 unspecified atom stereocenters. The van der Waals surface area contributed by atoms with Gasteiger partial charge in [0.05, 0.1) is 0 Å². The Hall–Kier alpha value is -2.57. The van der Waals surface area contributed by atoms with Crippen LogP contribution in [0.4, 0.5) is 10.5 Å². The van der Waals surface area contributed by atoms with Crippen molar-refractivity contribution in [2.24, 2.45) is 5.73 Å². The van der Waals surface area contributed by atoms with Gasteiger partial charge in [-0.05, 0) is 12.1 Å². The molecular formula is C12H15N3O4. The third-order valence-corrected chi connectivity index (χ3v) is 2.25. The first kappa shape index (κ1) is 14.5. The lowest BCUT2D eigenvalue weighted by Crippen LogP contribution is -2.43. The Morgan fingerprint density at radius 3 is 2.37 bits per heavy atom. The Bertz CT molecular complexity index is 461. The molecule has 7 nitrogen and oxygen atoms in total. The Labute approximate surface area is 110 Å². The Kier molecular flexibility index (Phi) is 5.34. The molecule has 3 amide bonds. The Balaban J connectivity index is 2.71. The van der Waals surface area contributed by atoms with Gasteiger partial charge >= 0.3 is 12.0 Å². The van der Waals surface area contributed by atoms with E-state index in [4.69, 9.17) is 10.8 Å². The van der Waals surface area contributed by atoms with E-state index in [1.165, 1.54) is 0 Å². The standard InChI is InChI=1S/C12H15N3O4/c13-10(16)6-7-14-12(19)15(8-11(17)18)9-4-2-1-3-5-9/h1-5H,6-8H2,(H2,13,16)(H,14,19)(H,17,18). The van der Waals surface area contributed by atoms with Gasteiger partial charge in [-0.15, -0.1) is 0 Å². The van der Waals surface area contributed by atoms with Gasteiger partial charge in [0.25, 0.3) is 0 Å². The van der Waals surface area contributed by atoms with Crippen LogP contribution in [-0.4, -0.2) is 36.1 Å². The first-order valence-corrected chi connectivity index (χ1v) is 5.61. The van der Waals surface area contributed by atoms with E-state index in [2.05, 4.69) is 5.32 Å². The van der Waals surface area contributed by atoms with Gasteiger partial charge in [-0.25, -0.2) is 4.79 Å². The second kappa shape index (κ2) is 7.00. The van der Waals surface area contributed by atoms with Crippen molar-refractivity contribution < 1.29 is 19.5 Å². The number of anilines is 1. The predicted octanol–water partition coefficient (Wildman–Crippen LogP) is 0.163. The van der Waals surface area contributed by atoms with Crippen LogP contribution in [0.2, 0.25) is 0 Å². The molecule has 1 rings (SSSR count). The number of hydrogen-bond donors (Lipinski definition) is 3. The third-order valence-electron chi connectivity index (χ3n) is 2.25. The SMILES string of the molecule is NC(=O)CCNC(=O)N(CC(=O)O)c1ccccc1. The number of para-hydroxylation sites is 1. The lowest BCUT2D eigenvalue weighted by Gasteiger charge is -2.21. The molecule has 1 aromatic carbocycles. The molecule has 0 radical (unpaired) electrons. The van der Waals surface area contributed by atoms with Crippen LogP contribution in [-0.2, 0) is 9.59 Å². The van der Waals surface area contributed by atoms with Gasteiger partial charge in [0, 0.05) is 18.7 Å². The zero-order valence-corrected chi connectivity index (χ0v) is 10.2. The molecule has 0 aliphatic carbocycles. The minimum Gasteiger partial charge on any atom is -0.480 e. The van der Waals surface area contributed by atoms with E-state index in [1.807, 2.05) is 0 Å². The van der Waals surface area contributed by atoms with E-state index in [9.17, 15) is 14.4 Å². The van der Waals surface area contributed by atoms with E-state index in [1.54, 1.807) is 30.3 Å². The number of hydrogen-bond acceptors (Lipinski definition) is 3. The van der Waals surface area contributed by atoms with Crippen molar-refractivity contribution in [3.8, 4) is 0 Å². The van der Waals surface area contributed by atoms with Gasteiger partial charge < -0.3 is 16.2 Å². The lowest BCUT2D eigenvalue weighted by molar-refractivity contribution is -0.135. The molecule has 7 heteroatoms. The van der Waals surface area contributed by atoms with E-state index < -0.39 is 24.5 Å². The van der Waals surface area contributed by atoms with Crippen LogP contribution in [0, 0.1) is 0 Å². The fraction of sp³-hybridized carbons (Fsp3) is 0.250. The molecule has 4 N–H and O–H groups in total. The minimum atomic E-state index is -1.13. The van der Waals surface area contributed by atoms with Crippen molar-refractivity contribution in [1.82, 2.24) is 5.32 Å². The van der Waals surface area contributed by atoms with Crippen molar-refractivity contribution in [1.29, 1.82) is 0 Å². The third kappa shape index (κ3) is 5.07. The number of carboxylic acids is 1. The highest BCUT2D eigenvalue weighted by Crippen LogP contribution is 2.12. The number of carboxylic acid groups (broad SMARTS) is 1. The van der Waals surface area contributed by atoms with Crippen LogP contribution in [0.1, 0.15) is 6.42 Å². The number of primary amides is 1. The van der Waals surface area contributed by atoms with Crippen molar-refractivity contribution >= 4 is 23.6 Å². The summed E-state index contributed by atoms with van der Waals surface area (Å²) in [4.78, 5) is 34.3. The largest absolute Gasteiger partial charge is 0.480 e. The topological polar surface area (TPSA) is 113 Å². The van der Waals surface area contributed by atoms with Crippen LogP contribution in [0.15, 0.2) is 30.3 Å². The van der Waals surface area contributed by atoms with E-state index >= 15 is 0 Å². The highest BCUT2D eigenvalue weighted by atomic mass is 16.4. The summed E-state index contributed by atoms with van der Waals surface area (Å²) < 4.78 is 0. The van der Waals surface area contributed by atoms with Gasteiger partial charge in [-0.3, -0.25) is 14.5 Å². The number of nitrogens with two attached hydrogens (primary N) is 1. The molecule has 0 heterocycles. The predicted molar refractivity (Wildman–Crippen MR) is 68.6 cm³/mol. The zero-order valence-electron chi connectivity index (χ0n) is 10.2. The number of amides is 3. The van der Waals surface area contributed by atoms with Crippen LogP contribution in [0.5, 0.6) is 0 Å². The highest BCUT2D eigenvalue weighted by Gasteiger charge is 2.18. The summed E-state index contributed by atoms with van der Waals surface area (Å²) in [6.07, 6.45) is 0.00143. The van der Waals surface area contributed by atoms with Crippen LogP contribution >= 0.6 is 0 Å². The van der Waals surface area contributed by atoms with Crippen LogP contribution in [0.3, 0.4) is 0 Å². The van der Waals surface area contributed by atoms with Crippen LogP contribution < -0.4 is 16.0 Å². The first-order valence-electron chi connectivity index (χ1n) is 5.61. The fourth-order valence-electron chi connectivity index (χ4n) is 1.41. The number of nitrogens with one attached hydrogen (secondary N) is 1. The molecule has 0 fully saturated rings. The summed E-state index contributed by atoms with van der Waals surface area (Å²) in [6.45, 7) is -0.399. The number of carbonyl (C=O) groups excluding carboxylic acids is 2. The molecule has 0 saturated carbocycles. The molecule has 0 bridgehead atoms. The Morgan fingerprint density at radius 2 is 1.84 bits per heavy atom. The van der Waals surface area contributed by atoms with Crippen molar-refractivity contribution in [2.75, 3.05) is 18.0 Å². The number of aliphatic carboxylic acids is 1. The zero-order chi connectivity index (χ0) is 14.3. The summed E-state index contributed by atoms with van der Waals surface area (Å²) >= 11 is 0. The average Bonchev–Trinajstić information content (AvgIpc) is 2.36. The first-order chi connectivity index (χ1) is 9.00. The smallest absolute Gasteiger partial charge is 0.323 e. The summed E-state index contributed by atoms with van der Waals surface area (Å²) in [5, 5.41) is 11.3. The molecule has 102 valence electrons. The molecular weight excluding hydrogens is 250 g/mol. The van der Waals surface area contributed by atoms with Crippen molar-refractivity contribution in [3.63, 3.8) is 0 Å². The molecule has 0 aliphatic rings. The van der Waals surface area contributed by atoms with Gasteiger partial charge in [-0.2, -0.15) is 0 Å². The number of urea groups is 1. The van der Waals surface area contributed by atoms with Gasteiger partial charge in [0.15, 0.2) is 0 Å². The maximum absolute atomic E-state index is 11.9. The van der Waals surface area contributed by atoms with Crippen LogP contribution in [0.25, 0.3) is 0 Å². The average molecular weight is 265 g/mol. The summed E-state index contributed by atoms with van der Waals surface area (Å²) in [5.41, 5.74) is 5.41. The quantitative estimate of drug-likeness (QED) is 0.680. The maximum Gasteiger partial charge on any atom is 0.323 e. The summed E-state index contributed by atoms with van der Waals surface area (Å²) in [5.74, 6) is -1.67. The second-order valence-electron chi connectivity index (χ2n) is 3.76. The minimum absolute atomic E-state index is 0.00143. The number of benzene rings is 1. The van der Waals surface area contributed by atoms with Crippen molar-refractivity contribution in [2.45, 2.75) is 6.42 Å².